The first-order valence-corrected chi connectivity index (χ1v) is 9.21. The van der Waals surface area contributed by atoms with Crippen LogP contribution < -0.4 is 14.5 Å². The van der Waals surface area contributed by atoms with Crippen molar-refractivity contribution in [1.82, 2.24) is 5.43 Å². The highest BCUT2D eigenvalue weighted by atomic mass is 32.2. The Bertz CT molecular complexity index is 692. The molecular weight excluding hydrogens is 318 g/mol. The number of sulfonamides is 1. The maximum Gasteiger partial charge on any atom is 0.260 e. The van der Waals surface area contributed by atoms with Gasteiger partial charge in [-0.05, 0) is 37.8 Å². The van der Waals surface area contributed by atoms with Crippen LogP contribution in [0.4, 0.5) is 5.69 Å². The lowest BCUT2D eigenvalue weighted by Gasteiger charge is -2.21. The molecule has 7 nitrogen and oxygen atoms in total. The molecule has 1 aliphatic carbocycles. The third kappa shape index (κ3) is 4.95. The van der Waals surface area contributed by atoms with Crippen molar-refractivity contribution in [2.45, 2.75) is 25.7 Å². The Kier molecular flexibility index (Phi) is 5.59. The predicted molar refractivity (Wildman–Crippen MR) is 89.2 cm³/mol. The number of ether oxygens (including phenoxy) is 1. The van der Waals surface area contributed by atoms with Gasteiger partial charge in [0.2, 0.25) is 10.0 Å². The van der Waals surface area contributed by atoms with E-state index in [0.717, 1.165) is 42.0 Å². The Balaban J connectivity index is 2.12. The lowest BCUT2D eigenvalue weighted by molar-refractivity contribution is -0.119. The van der Waals surface area contributed by atoms with Crippen LogP contribution in [0.1, 0.15) is 25.7 Å². The minimum Gasteiger partial charge on any atom is -0.497 e. The number of anilines is 1. The first-order chi connectivity index (χ1) is 10.9. The van der Waals surface area contributed by atoms with E-state index in [9.17, 15) is 13.2 Å². The third-order valence-electron chi connectivity index (χ3n) is 3.55. The van der Waals surface area contributed by atoms with E-state index < -0.39 is 15.9 Å². The second-order valence-electron chi connectivity index (χ2n) is 5.39. The summed E-state index contributed by atoms with van der Waals surface area (Å²) in [7, 11) is -2.11. The second-order valence-corrected chi connectivity index (χ2v) is 7.30. The Morgan fingerprint density at radius 1 is 1.35 bits per heavy atom. The summed E-state index contributed by atoms with van der Waals surface area (Å²) < 4.78 is 30.1. The SMILES string of the molecule is COc1cccc(N(CC(=O)NN=C2CCCC2)S(C)(=O)=O)c1. The molecule has 23 heavy (non-hydrogen) atoms. The number of nitrogens with zero attached hydrogens (tertiary/aromatic N) is 2. The number of amides is 1. The van der Waals surface area contributed by atoms with Crippen molar-refractivity contribution in [2.75, 3.05) is 24.2 Å². The number of methoxy groups -OCH3 is 1. The lowest BCUT2D eigenvalue weighted by Crippen LogP contribution is -2.39. The van der Waals surface area contributed by atoms with E-state index >= 15 is 0 Å². The van der Waals surface area contributed by atoms with Crippen LogP contribution in [0, 0.1) is 0 Å². The minimum absolute atomic E-state index is 0.331. The second kappa shape index (κ2) is 7.45. The molecule has 1 aromatic rings. The first-order valence-electron chi connectivity index (χ1n) is 7.36. The molecule has 1 fully saturated rings. The number of nitrogens with one attached hydrogen (secondary N) is 1. The number of carbonyl (C=O) groups excluding carboxylic acids is 1. The summed E-state index contributed by atoms with van der Waals surface area (Å²) in [6.45, 7) is -0.331. The smallest absolute Gasteiger partial charge is 0.260 e. The monoisotopic (exact) mass is 339 g/mol. The van der Waals surface area contributed by atoms with Crippen LogP contribution in [0.3, 0.4) is 0 Å². The standard InChI is InChI=1S/C15H21N3O4S/c1-22-14-9-5-8-13(10-14)18(23(2,20)21)11-15(19)17-16-12-6-3-4-7-12/h5,8-10H,3-4,6-7,11H2,1-2H3,(H,17,19). The zero-order chi connectivity index (χ0) is 16.9. The number of hydrogen-bond acceptors (Lipinski definition) is 5. The van der Waals surface area contributed by atoms with Gasteiger partial charge >= 0.3 is 0 Å². The molecule has 0 heterocycles. The Morgan fingerprint density at radius 2 is 2.04 bits per heavy atom. The van der Waals surface area contributed by atoms with Crippen LogP contribution in [0.25, 0.3) is 0 Å². The van der Waals surface area contributed by atoms with Gasteiger partial charge in [0, 0.05) is 11.8 Å². The molecule has 1 aliphatic rings. The molecule has 0 aromatic heterocycles. The third-order valence-corrected chi connectivity index (χ3v) is 4.69. The zero-order valence-electron chi connectivity index (χ0n) is 13.3. The van der Waals surface area contributed by atoms with Crippen molar-refractivity contribution < 1.29 is 17.9 Å². The fourth-order valence-electron chi connectivity index (χ4n) is 2.37. The molecular formula is C15H21N3O4S. The van der Waals surface area contributed by atoms with E-state index in [1.54, 1.807) is 24.3 Å². The van der Waals surface area contributed by atoms with Crippen molar-refractivity contribution >= 4 is 27.3 Å². The van der Waals surface area contributed by atoms with Gasteiger partial charge in [0.25, 0.3) is 5.91 Å². The maximum absolute atomic E-state index is 12.0. The summed E-state index contributed by atoms with van der Waals surface area (Å²) in [5.41, 5.74) is 3.76. The number of rotatable bonds is 6. The van der Waals surface area contributed by atoms with Gasteiger partial charge in [-0.2, -0.15) is 5.10 Å². The number of hydrazone groups is 1. The fourth-order valence-corrected chi connectivity index (χ4v) is 3.22. The van der Waals surface area contributed by atoms with Crippen molar-refractivity contribution in [2.24, 2.45) is 5.10 Å². The molecule has 0 radical (unpaired) electrons. The summed E-state index contributed by atoms with van der Waals surface area (Å²) >= 11 is 0. The van der Waals surface area contributed by atoms with Crippen LogP contribution in [-0.4, -0.2) is 39.9 Å². The average Bonchev–Trinajstić information content (AvgIpc) is 3.03. The lowest BCUT2D eigenvalue weighted by atomic mass is 10.3. The zero-order valence-corrected chi connectivity index (χ0v) is 14.1. The van der Waals surface area contributed by atoms with Gasteiger partial charge in [0.15, 0.2) is 0 Å². The van der Waals surface area contributed by atoms with E-state index in [-0.39, 0.29) is 6.54 Å². The highest BCUT2D eigenvalue weighted by Crippen LogP contribution is 2.22. The van der Waals surface area contributed by atoms with Crippen LogP contribution >= 0.6 is 0 Å². The van der Waals surface area contributed by atoms with Gasteiger partial charge in [-0.3, -0.25) is 9.10 Å². The van der Waals surface area contributed by atoms with E-state index in [4.69, 9.17) is 4.74 Å². The van der Waals surface area contributed by atoms with Crippen LogP contribution in [0.5, 0.6) is 5.75 Å². The average molecular weight is 339 g/mol. The molecule has 0 aliphatic heterocycles. The van der Waals surface area contributed by atoms with Gasteiger partial charge in [-0.25, -0.2) is 13.8 Å². The predicted octanol–water partition coefficient (Wildman–Crippen LogP) is 1.51. The van der Waals surface area contributed by atoms with Crippen molar-refractivity contribution in [1.29, 1.82) is 0 Å². The van der Waals surface area contributed by atoms with E-state index in [1.165, 1.54) is 7.11 Å². The maximum atomic E-state index is 12.0. The van der Waals surface area contributed by atoms with Crippen molar-refractivity contribution in [3.05, 3.63) is 24.3 Å². The van der Waals surface area contributed by atoms with E-state index in [1.807, 2.05) is 0 Å². The first kappa shape index (κ1) is 17.3. The van der Waals surface area contributed by atoms with Gasteiger partial charge in [-0.15, -0.1) is 0 Å². The minimum atomic E-state index is -3.61. The normalized spacial score (nSPS) is 14.4. The molecule has 8 heteroatoms. The summed E-state index contributed by atoms with van der Waals surface area (Å²) in [6.07, 6.45) is 4.97. The van der Waals surface area contributed by atoms with Gasteiger partial charge in [0.1, 0.15) is 12.3 Å². The van der Waals surface area contributed by atoms with E-state index in [0.29, 0.717) is 11.4 Å². The largest absolute Gasteiger partial charge is 0.497 e. The number of hydrogen-bond donors (Lipinski definition) is 1. The molecule has 1 N–H and O–H groups in total. The topological polar surface area (TPSA) is 88.1 Å². The molecule has 126 valence electrons. The molecule has 0 atom stereocenters. The van der Waals surface area contributed by atoms with Crippen LogP contribution in [0.2, 0.25) is 0 Å². The molecule has 0 bridgehead atoms. The Morgan fingerprint density at radius 3 is 2.65 bits per heavy atom. The highest BCUT2D eigenvalue weighted by Gasteiger charge is 2.21. The summed E-state index contributed by atoms with van der Waals surface area (Å²) in [4.78, 5) is 12.0. The molecule has 1 saturated carbocycles. The summed E-state index contributed by atoms with van der Waals surface area (Å²) in [5.74, 6) is 0.0420. The Hall–Kier alpha value is -2.09. The Labute approximate surface area is 136 Å². The number of carbonyl (C=O) groups is 1. The van der Waals surface area contributed by atoms with Crippen LogP contribution in [-0.2, 0) is 14.8 Å². The van der Waals surface area contributed by atoms with E-state index in [2.05, 4.69) is 10.5 Å². The van der Waals surface area contributed by atoms with Crippen molar-refractivity contribution in [3.8, 4) is 5.75 Å². The van der Waals surface area contributed by atoms with Crippen LogP contribution in [0.15, 0.2) is 29.4 Å². The van der Waals surface area contributed by atoms with Gasteiger partial charge in [0.05, 0.1) is 19.1 Å². The molecule has 1 aromatic carbocycles. The quantitative estimate of drug-likeness (QED) is 0.796. The fraction of sp³-hybridized carbons (Fsp3) is 0.467. The van der Waals surface area contributed by atoms with Gasteiger partial charge < -0.3 is 4.74 Å². The molecule has 0 spiro atoms. The highest BCUT2D eigenvalue weighted by molar-refractivity contribution is 7.92. The molecule has 1 amide bonds. The van der Waals surface area contributed by atoms with Crippen molar-refractivity contribution in [3.63, 3.8) is 0 Å². The number of benzene rings is 1. The summed E-state index contributed by atoms with van der Waals surface area (Å²) in [6, 6.07) is 6.55. The molecule has 0 unspecified atom stereocenters. The summed E-state index contributed by atoms with van der Waals surface area (Å²) in [5, 5.41) is 4.06. The van der Waals surface area contributed by atoms with Gasteiger partial charge in [-0.1, -0.05) is 6.07 Å². The molecule has 2 rings (SSSR count). The molecule has 0 saturated heterocycles.